The van der Waals surface area contributed by atoms with Crippen LogP contribution in [-0.2, 0) is 6.18 Å². The van der Waals surface area contributed by atoms with Gasteiger partial charge in [-0.1, -0.05) is 6.07 Å². The molecule has 0 radical (unpaired) electrons. The number of aryl methyl sites for hydroxylation is 1. The molecule has 0 aliphatic rings. The van der Waals surface area contributed by atoms with Gasteiger partial charge in [0.15, 0.2) is 0 Å². The van der Waals surface area contributed by atoms with Crippen LogP contribution in [-0.4, -0.2) is 33.9 Å². The molecule has 1 heterocycles. The van der Waals surface area contributed by atoms with Crippen LogP contribution in [0.5, 0.6) is 0 Å². The molecule has 0 atom stereocenters. The number of halogens is 3. The first-order valence-corrected chi connectivity index (χ1v) is 7.83. The van der Waals surface area contributed by atoms with E-state index in [9.17, 15) is 18.0 Å². The van der Waals surface area contributed by atoms with Crippen molar-refractivity contribution in [2.45, 2.75) is 26.9 Å². The standard InChI is InChI=1S/C17H19F3N4O/c1-4-24(5-2)15(25)14-9-11(3)21-16(23-14)22-13-8-6-7-12(10-13)17(18,19)20/h6-10H,4-5H2,1-3H3,(H,21,22,23). The average molecular weight is 352 g/mol. The Morgan fingerprint density at radius 2 is 1.84 bits per heavy atom. The number of rotatable bonds is 5. The molecule has 2 aromatic rings. The van der Waals surface area contributed by atoms with Gasteiger partial charge in [0.2, 0.25) is 5.95 Å². The zero-order valence-corrected chi connectivity index (χ0v) is 14.2. The van der Waals surface area contributed by atoms with Crippen LogP contribution < -0.4 is 5.32 Å². The van der Waals surface area contributed by atoms with Crippen LogP contribution in [0.25, 0.3) is 0 Å². The maximum atomic E-state index is 12.8. The molecule has 0 saturated heterocycles. The fourth-order valence-electron chi connectivity index (χ4n) is 2.31. The van der Waals surface area contributed by atoms with Crippen LogP contribution in [0.4, 0.5) is 24.8 Å². The maximum absolute atomic E-state index is 12.8. The number of nitrogens with zero attached hydrogens (tertiary/aromatic N) is 3. The molecule has 134 valence electrons. The molecule has 0 aliphatic heterocycles. The summed E-state index contributed by atoms with van der Waals surface area (Å²) in [5, 5.41) is 2.73. The Morgan fingerprint density at radius 3 is 2.44 bits per heavy atom. The quantitative estimate of drug-likeness (QED) is 0.883. The monoisotopic (exact) mass is 352 g/mol. The Morgan fingerprint density at radius 1 is 1.16 bits per heavy atom. The van der Waals surface area contributed by atoms with Crippen molar-refractivity contribution in [3.05, 3.63) is 47.3 Å². The average Bonchev–Trinajstić information content (AvgIpc) is 2.54. The first-order chi connectivity index (χ1) is 11.7. The van der Waals surface area contributed by atoms with E-state index in [1.165, 1.54) is 12.1 Å². The van der Waals surface area contributed by atoms with Crippen molar-refractivity contribution in [1.29, 1.82) is 0 Å². The van der Waals surface area contributed by atoms with E-state index in [0.717, 1.165) is 12.1 Å². The number of aromatic nitrogens is 2. The molecule has 0 spiro atoms. The number of carbonyl (C=O) groups excluding carboxylic acids is 1. The van der Waals surface area contributed by atoms with Gasteiger partial charge in [-0.3, -0.25) is 4.79 Å². The SMILES string of the molecule is CCN(CC)C(=O)c1cc(C)nc(Nc2cccc(C(F)(F)F)c2)n1. The highest BCUT2D eigenvalue weighted by Gasteiger charge is 2.30. The van der Waals surface area contributed by atoms with E-state index >= 15 is 0 Å². The van der Waals surface area contributed by atoms with Crippen molar-refractivity contribution in [2.75, 3.05) is 18.4 Å². The molecule has 1 amide bonds. The van der Waals surface area contributed by atoms with Gasteiger partial charge < -0.3 is 10.2 Å². The summed E-state index contributed by atoms with van der Waals surface area (Å²) in [5.41, 5.74) is 0.164. The van der Waals surface area contributed by atoms with Gasteiger partial charge in [0.05, 0.1) is 5.56 Å². The lowest BCUT2D eigenvalue weighted by Gasteiger charge is -2.18. The van der Waals surface area contributed by atoms with Gasteiger partial charge in [-0.15, -0.1) is 0 Å². The van der Waals surface area contributed by atoms with E-state index in [4.69, 9.17) is 0 Å². The van der Waals surface area contributed by atoms with E-state index in [0.29, 0.717) is 18.8 Å². The van der Waals surface area contributed by atoms with E-state index < -0.39 is 11.7 Å². The molecule has 0 aliphatic carbocycles. The van der Waals surface area contributed by atoms with Crippen molar-refractivity contribution >= 4 is 17.5 Å². The van der Waals surface area contributed by atoms with Crippen LogP contribution in [0.2, 0.25) is 0 Å². The summed E-state index contributed by atoms with van der Waals surface area (Å²) in [7, 11) is 0. The zero-order chi connectivity index (χ0) is 18.6. The molecule has 2 rings (SSSR count). The van der Waals surface area contributed by atoms with Gasteiger partial charge in [-0.2, -0.15) is 13.2 Å². The number of alkyl halides is 3. The highest BCUT2D eigenvalue weighted by atomic mass is 19.4. The van der Waals surface area contributed by atoms with Gasteiger partial charge in [0.25, 0.3) is 5.91 Å². The summed E-state index contributed by atoms with van der Waals surface area (Å²) >= 11 is 0. The van der Waals surface area contributed by atoms with E-state index in [1.54, 1.807) is 17.9 Å². The minimum Gasteiger partial charge on any atom is -0.338 e. The molecule has 1 aromatic carbocycles. The van der Waals surface area contributed by atoms with E-state index in [2.05, 4.69) is 15.3 Å². The fraction of sp³-hybridized carbons (Fsp3) is 0.353. The molecular formula is C17H19F3N4O. The van der Waals surface area contributed by atoms with Gasteiger partial charge in [0.1, 0.15) is 5.69 Å². The second kappa shape index (κ2) is 7.50. The second-order valence-electron chi connectivity index (χ2n) is 5.40. The smallest absolute Gasteiger partial charge is 0.338 e. The summed E-state index contributed by atoms with van der Waals surface area (Å²) in [5.74, 6) is -0.169. The Labute approximate surface area is 143 Å². The highest BCUT2D eigenvalue weighted by Crippen LogP contribution is 2.31. The van der Waals surface area contributed by atoms with Crippen molar-refractivity contribution in [1.82, 2.24) is 14.9 Å². The largest absolute Gasteiger partial charge is 0.416 e. The van der Waals surface area contributed by atoms with Crippen molar-refractivity contribution < 1.29 is 18.0 Å². The molecule has 1 aromatic heterocycles. The Bertz CT molecular complexity index is 758. The number of amides is 1. The number of hydrogen-bond donors (Lipinski definition) is 1. The molecular weight excluding hydrogens is 333 g/mol. The zero-order valence-electron chi connectivity index (χ0n) is 14.2. The van der Waals surface area contributed by atoms with Crippen LogP contribution >= 0.6 is 0 Å². The lowest BCUT2D eigenvalue weighted by atomic mass is 10.2. The third-order valence-electron chi connectivity index (χ3n) is 3.57. The Balaban J connectivity index is 2.31. The number of benzene rings is 1. The van der Waals surface area contributed by atoms with Gasteiger partial charge in [-0.25, -0.2) is 9.97 Å². The van der Waals surface area contributed by atoms with Crippen LogP contribution in [0, 0.1) is 6.92 Å². The summed E-state index contributed by atoms with van der Waals surface area (Å²) in [6.07, 6.45) is -4.44. The second-order valence-corrected chi connectivity index (χ2v) is 5.40. The number of hydrogen-bond acceptors (Lipinski definition) is 4. The number of nitrogens with one attached hydrogen (secondary N) is 1. The van der Waals surface area contributed by atoms with E-state index in [1.807, 2.05) is 13.8 Å². The summed E-state index contributed by atoms with van der Waals surface area (Å²) in [6, 6.07) is 6.28. The summed E-state index contributed by atoms with van der Waals surface area (Å²) in [4.78, 5) is 22.3. The number of carbonyl (C=O) groups is 1. The van der Waals surface area contributed by atoms with Crippen LogP contribution in [0.3, 0.4) is 0 Å². The molecule has 0 saturated carbocycles. The van der Waals surface area contributed by atoms with Crippen LogP contribution in [0.15, 0.2) is 30.3 Å². The molecule has 0 bridgehead atoms. The number of anilines is 2. The van der Waals surface area contributed by atoms with Crippen LogP contribution in [0.1, 0.15) is 35.6 Å². The predicted octanol–water partition coefficient (Wildman–Crippen LogP) is 4.03. The van der Waals surface area contributed by atoms with Crippen molar-refractivity contribution in [2.24, 2.45) is 0 Å². The Kier molecular flexibility index (Phi) is 5.61. The van der Waals surface area contributed by atoms with Crippen molar-refractivity contribution in [3.8, 4) is 0 Å². The summed E-state index contributed by atoms with van der Waals surface area (Å²) < 4.78 is 38.4. The lowest BCUT2D eigenvalue weighted by Crippen LogP contribution is -2.31. The molecule has 1 N–H and O–H groups in total. The van der Waals surface area contributed by atoms with Gasteiger partial charge >= 0.3 is 6.18 Å². The normalized spacial score (nSPS) is 11.3. The highest BCUT2D eigenvalue weighted by molar-refractivity contribution is 5.92. The van der Waals surface area contributed by atoms with Crippen molar-refractivity contribution in [3.63, 3.8) is 0 Å². The fourth-order valence-corrected chi connectivity index (χ4v) is 2.31. The summed E-state index contributed by atoms with van der Waals surface area (Å²) in [6.45, 7) is 6.48. The first-order valence-electron chi connectivity index (χ1n) is 7.83. The third kappa shape index (κ3) is 4.68. The molecule has 8 heteroatoms. The molecule has 0 fully saturated rings. The van der Waals surface area contributed by atoms with E-state index in [-0.39, 0.29) is 23.2 Å². The topological polar surface area (TPSA) is 58.1 Å². The predicted molar refractivity (Wildman–Crippen MR) is 88.7 cm³/mol. The minimum atomic E-state index is -4.44. The van der Waals surface area contributed by atoms with Gasteiger partial charge in [0, 0.05) is 24.5 Å². The lowest BCUT2D eigenvalue weighted by molar-refractivity contribution is -0.137. The minimum absolute atomic E-state index is 0.0785. The van der Waals surface area contributed by atoms with Gasteiger partial charge in [-0.05, 0) is 45.0 Å². The molecule has 0 unspecified atom stereocenters. The third-order valence-corrected chi connectivity index (χ3v) is 3.57. The Hall–Kier alpha value is -2.64. The molecule has 5 nitrogen and oxygen atoms in total. The molecule has 25 heavy (non-hydrogen) atoms. The first kappa shape index (κ1) is 18.7. The maximum Gasteiger partial charge on any atom is 0.416 e.